The highest BCUT2D eigenvalue weighted by atomic mass is 32.1. The van der Waals surface area contributed by atoms with Gasteiger partial charge in [-0.25, -0.2) is 9.37 Å². The maximum Gasteiger partial charge on any atom is 0.251 e. The SMILES string of the molecule is O=C(NCc1cccs1)c1ccc2c(c1)sc1nc(-c3ccc(F)cc3)cn12. The van der Waals surface area contributed by atoms with Crippen LogP contribution in [0, 0.1) is 5.82 Å². The predicted molar refractivity (Wildman–Crippen MR) is 111 cm³/mol. The first-order chi connectivity index (χ1) is 13.7. The third-order valence-corrected chi connectivity index (χ3v) is 6.39. The van der Waals surface area contributed by atoms with Gasteiger partial charge in [0.05, 0.1) is 22.5 Å². The monoisotopic (exact) mass is 407 g/mol. The number of halogens is 1. The third kappa shape index (κ3) is 3.08. The van der Waals surface area contributed by atoms with Crippen molar-refractivity contribution < 1.29 is 9.18 Å². The maximum atomic E-state index is 13.1. The summed E-state index contributed by atoms with van der Waals surface area (Å²) in [6, 6.07) is 16.0. The van der Waals surface area contributed by atoms with E-state index in [1.807, 2.05) is 46.3 Å². The first-order valence-electron chi connectivity index (χ1n) is 8.65. The van der Waals surface area contributed by atoms with Crippen molar-refractivity contribution in [2.75, 3.05) is 0 Å². The number of benzene rings is 2. The Morgan fingerprint density at radius 1 is 1.14 bits per heavy atom. The summed E-state index contributed by atoms with van der Waals surface area (Å²) in [7, 11) is 0. The molecule has 7 heteroatoms. The number of carbonyl (C=O) groups is 1. The molecule has 0 aliphatic carbocycles. The van der Waals surface area contributed by atoms with Crippen molar-refractivity contribution in [1.29, 1.82) is 0 Å². The number of thiophene rings is 1. The summed E-state index contributed by atoms with van der Waals surface area (Å²) in [5.41, 5.74) is 3.30. The van der Waals surface area contributed by atoms with Crippen molar-refractivity contribution >= 4 is 43.8 Å². The standard InChI is InChI=1S/C21H14FN3OS2/c22-15-6-3-13(4-7-15)17-12-25-18-8-5-14(10-19(18)28-21(25)24-17)20(26)23-11-16-2-1-9-27-16/h1-10,12H,11H2,(H,23,26). The zero-order chi connectivity index (χ0) is 19.1. The molecule has 3 aromatic heterocycles. The van der Waals surface area contributed by atoms with Crippen molar-refractivity contribution in [2.24, 2.45) is 0 Å². The zero-order valence-electron chi connectivity index (χ0n) is 14.6. The molecule has 0 saturated heterocycles. The molecule has 0 aliphatic rings. The Kier molecular flexibility index (Phi) is 4.18. The van der Waals surface area contributed by atoms with Crippen LogP contribution in [0.2, 0.25) is 0 Å². The molecule has 0 radical (unpaired) electrons. The Bertz CT molecular complexity index is 1290. The van der Waals surface area contributed by atoms with E-state index in [1.165, 1.54) is 23.5 Å². The topological polar surface area (TPSA) is 46.4 Å². The van der Waals surface area contributed by atoms with Gasteiger partial charge in [-0.05, 0) is 53.9 Å². The van der Waals surface area contributed by atoms with Crippen LogP contribution in [0.3, 0.4) is 0 Å². The number of fused-ring (bicyclic) bond motifs is 3. The number of amides is 1. The van der Waals surface area contributed by atoms with E-state index >= 15 is 0 Å². The highest BCUT2D eigenvalue weighted by Gasteiger charge is 2.13. The first kappa shape index (κ1) is 17.1. The summed E-state index contributed by atoms with van der Waals surface area (Å²) in [4.78, 5) is 19.1. The van der Waals surface area contributed by atoms with Crippen LogP contribution >= 0.6 is 22.7 Å². The zero-order valence-corrected chi connectivity index (χ0v) is 16.2. The fourth-order valence-corrected chi connectivity index (χ4v) is 4.78. The van der Waals surface area contributed by atoms with Crippen LogP contribution in [0.15, 0.2) is 66.2 Å². The van der Waals surface area contributed by atoms with Crippen LogP contribution in [0.25, 0.3) is 26.4 Å². The molecule has 0 spiro atoms. The van der Waals surface area contributed by atoms with Crippen LogP contribution in [0.5, 0.6) is 0 Å². The quantitative estimate of drug-likeness (QED) is 0.437. The van der Waals surface area contributed by atoms with E-state index < -0.39 is 0 Å². The lowest BCUT2D eigenvalue weighted by atomic mass is 10.2. The molecule has 1 N–H and O–H groups in total. The van der Waals surface area contributed by atoms with Gasteiger partial charge in [-0.15, -0.1) is 11.3 Å². The highest BCUT2D eigenvalue weighted by molar-refractivity contribution is 7.23. The average Bonchev–Trinajstić information content (AvgIpc) is 3.42. The van der Waals surface area contributed by atoms with Gasteiger partial charge in [0, 0.05) is 22.2 Å². The molecule has 5 rings (SSSR count). The van der Waals surface area contributed by atoms with Crippen LogP contribution < -0.4 is 5.32 Å². The van der Waals surface area contributed by atoms with Gasteiger partial charge in [0.1, 0.15) is 5.82 Å². The van der Waals surface area contributed by atoms with Crippen LogP contribution in [0.4, 0.5) is 4.39 Å². The van der Waals surface area contributed by atoms with Gasteiger partial charge in [-0.1, -0.05) is 17.4 Å². The van der Waals surface area contributed by atoms with Gasteiger partial charge in [0.15, 0.2) is 4.96 Å². The van der Waals surface area contributed by atoms with E-state index in [0.29, 0.717) is 12.1 Å². The number of nitrogens with one attached hydrogen (secondary N) is 1. The fraction of sp³-hybridized carbons (Fsp3) is 0.0476. The summed E-state index contributed by atoms with van der Waals surface area (Å²) in [5.74, 6) is -0.353. The minimum atomic E-state index is -0.264. The summed E-state index contributed by atoms with van der Waals surface area (Å²) in [6.07, 6.45) is 1.94. The van der Waals surface area contributed by atoms with Gasteiger partial charge >= 0.3 is 0 Å². The van der Waals surface area contributed by atoms with Crippen molar-refractivity contribution in [2.45, 2.75) is 6.54 Å². The highest BCUT2D eigenvalue weighted by Crippen LogP contribution is 2.30. The number of carbonyl (C=O) groups excluding carboxylic acids is 1. The van der Waals surface area contributed by atoms with E-state index in [2.05, 4.69) is 10.3 Å². The molecule has 4 nitrogen and oxygen atoms in total. The molecule has 138 valence electrons. The largest absolute Gasteiger partial charge is 0.347 e. The number of hydrogen-bond donors (Lipinski definition) is 1. The van der Waals surface area contributed by atoms with E-state index in [-0.39, 0.29) is 11.7 Å². The molecular weight excluding hydrogens is 393 g/mol. The molecule has 1 amide bonds. The van der Waals surface area contributed by atoms with Gasteiger partial charge < -0.3 is 5.32 Å². The number of rotatable bonds is 4. The van der Waals surface area contributed by atoms with E-state index in [9.17, 15) is 9.18 Å². The maximum absolute atomic E-state index is 13.1. The lowest BCUT2D eigenvalue weighted by molar-refractivity contribution is 0.0951. The number of nitrogens with zero attached hydrogens (tertiary/aromatic N) is 2. The summed E-state index contributed by atoms with van der Waals surface area (Å²) >= 11 is 3.15. The van der Waals surface area contributed by atoms with Crippen LogP contribution in [-0.4, -0.2) is 15.3 Å². The van der Waals surface area contributed by atoms with E-state index in [4.69, 9.17) is 0 Å². The van der Waals surface area contributed by atoms with Crippen molar-refractivity contribution in [3.8, 4) is 11.3 Å². The first-order valence-corrected chi connectivity index (χ1v) is 10.4. The Balaban J connectivity index is 1.44. The number of aromatic nitrogens is 2. The molecular formula is C21H14FN3OS2. The number of hydrogen-bond acceptors (Lipinski definition) is 4. The van der Waals surface area contributed by atoms with Crippen molar-refractivity contribution in [3.05, 3.63) is 82.4 Å². The van der Waals surface area contributed by atoms with E-state index in [0.717, 1.165) is 31.3 Å². The van der Waals surface area contributed by atoms with Gasteiger partial charge in [-0.3, -0.25) is 9.20 Å². The van der Waals surface area contributed by atoms with Gasteiger partial charge in [0.25, 0.3) is 5.91 Å². The Hall–Kier alpha value is -3.03. The number of imidazole rings is 1. The molecule has 0 bridgehead atoms. The molecule has 0 atom stereocenters. The van der Waals surface area contributed by atoms with Crippen molar-refractivity contribution in [1.82, 2.24) is 14.7 Å². The minimum absolute atomic E-state index is 0.0895. The molecule has 0 fully saturated rings. The molecule has 0 saturated carbocycles. The molecule has 5 aromatic rings. The predicted octanol–water partition coefficient (Wildman–Crippen LogP) is 5.35. The second-order valence-corrected chi connectivity index (χ2v) is 8.37. The van der Waals surface area contributed by atoms with Gasteiger partial charge in [0.2, 0.25) is 0 Å². The lowest BCUT2D eigenvalue weighted by Crippen LogP contribution is -2.22. The Morgan fingerprint density at radius 3 is 2.79 bits per heavy atom. The molecule has 28 heavy (non-hydrogen) atoms. The number of thiazole rings is 1. The molecule has 3 heterocycles. The summed E-state index contributed by atoms with van der Waals surface area (Å²) in [6.45, 7) is 0.531. The van der Waals surface area contributed by atoms with Crippen LogP contribution in [-0.2, 0) is 6.54 Å². The lowest BCUT2D eigenvalue weighted by Gasteiger charge is -2.04. The van der Waals surface area contributed by atoms with Gasteiger partial charge in [-0.2, -0.15) is 0 Å². The molecule has 0 unspecified atom stereocenters. The average molecular weight is 407 g/mol. The van der Waals surface area contributed by atoms with Crippen LogP contribution in [0.1, 0.15) is 15.2 Å². The molecule has 0 aliphatic heterocycles. The second-order valence-electron chi connectivity index (χ2n) is 6.33. The molecule has 2 aromatic carbocycles. The smallest absolute Gasteiger partial charge is 0.251 e. The summed E-state index contributed by atoms with van der Waals surface area (Å²) in [5, 5.41) is 4.95. The second kappa shape index (κ2) is 6.85. The normalized spacial score (nSPS) is 11.3. The summed E-state index contributed by atoms with van der Waals surface area (Å²) < 4.78 is 16.1. The van der Waals surface area contributed by atoms with Crippen molar-refractivity contribution in [3.63, 3.8) is 0 Å². The Labute approximate surface area is 167 Å². The fourth-order valence-electron chi connectivity index (χ4n) is 3.08. The Morgan fingerprint density at radius 2 is 2.00 bits per heavy atom. The van der Waals surface area contributed by atoms with E-state index in [1.54, 1.807) is 23.5 Å². The minimum Gasteiger partial charge on any atom is -0.347 e. The third-order valence-electron chi connectivity index (χ3n) is 4.50.